The largest absolute Gasteiger partial charge is 0.456 e. The summed E-state index contributed by atoms with van der Waals surface area (Å²) < 4.78 is 17.6. The van der Waals surface area contributed by atoms with Crippen LogP contribution in [0.5, 0.6) is 0 Å². The van der Waals surface area contributed by atoms with E-state index in [9.17, 15) is 0 Å². The van der Waals surface area contributed by atoms with Gasteiger partial charge < -0.3 is 13.7 Å². The van der Waals surface area contributed by atoms with Crippen molar-refractivity contribution in [3.8, 4) is 11.5 Å². The number of hydrogen-bond acceptors (Lipinski definition) is 6. The van der Waals surface area contributed by atoms with E-state index in [1.807, 2.05) is 53.8 Å². The highest BCUT2D eigenvalue weighted by atomic mass is 32.1. The normalized spacial score (nSPS) is 12.1. The fourth-order valence-electron chi connectivity index (χ4n) is 7.25. The third kappa shape index (κ3) is 4.11. The molecular formula is C43H24N2O2S2. The molecule has 6 heteroatoms. The molecule has 4 aromatic heterocycles. The van der Waals surface area contributed by atoms with Crippen LogP contribution in [-0.4, -0.2) is 4.98 Å². The van der Waals surface area contributed by atoms with Crippen LogP contribution < -0.4 is 4.90 Å². The van der Waals surface area contributed by atoms with E-state index >= 15 is 0 Å². The van der Waals surface area contributed by atoms with Gasteiger partial charge in [-0.1, -0.05) is 60.7 Å². The van der Waals surface area contributed by atoms with Gasteiger partial charge in [0.1, 0.15) is 16.7 Å². The van der Waals surface area contributed by atoms with Crippen LogP contribution >= 0.6 is 22.7 Å². The maximum absolute atomic E-state index is 6.38. The lowest BCUT2D eigenvalue weighted by Gasteiger charge is -2.26. The summed E-state index contributed by atoms with van der Waals surface area (Å²) in [5.41, 5.74) is 7.66. The molecule has 4 heterocycles. The highest BCUT2D eigenvalue weighted by Gasteiger charge is 2.22. The average molecular weight is 665 g/mol. The Hall–Kier alpha value is -5.95. The average Bonchev–Trinajstić information content (AvgIpc) is 3.92. The standard InChI is InChI=1S/C43H24N2O2S2/c1-2-9-25(10-3-1)43-44-33-24-41-32(23-37(33)47-43)42-34(13-8-16-40(42)49-41)45(26-17-19-36-30(21-26)28-11-4-6-14-35(28)46-36)27-18-20-39-31(22-27)29-12-5-7-15-38(29)48-39/h1-24H. The number of anilines is 3. The minimum absolute atomic E-state index is 0.636. The number of aromatic nitrogens is 1. The second-order valence-electron chi connectivity index (χ2n) is 12.3. The van der Waals surface area contributed by atoms with Gasteiger partial charge in [0, 0.05) is 68.1 Å². The second-order valence-corrected chi connectivity index (χ2v) is 14.5. The van der Waals surface area contributed by atoms with Crippen molar-refractivity contribution in [3.63, 3.8) is 0 Å². The summed E-state index contributed by atoms with van der Waals surface area (Å²) in [4.78, 5) is 7.28. The number of oxazole rings is 1. The fourth-order valence-corrected chi connectivity index (χ4v) is 9.48. The number of para-hydroxylation sites is 1. The summed E-state index contributed by atoms with van der Waals surface area (Å²) in [6.45, 7) is 0. The molecule has 0 fully saturated rings. The first-order valence-corrected chi connectivity index (χ1v) is 17.8. The molecule has 0 N–H and O–H groups in total. The van der Waals surface area contributed by atoms with Crippen molar-refractivity contribution >= 4 is 113 Å². The van der Waals surface area contributed by atoms with Crippen LogP contribution in [0.15, 0.2) is 154 Å². The van der Waals surface area contributed by atoms with Crippen LogP contribution in [0.2, 0.25) is 0 Å². The van der Waals surface area contributed by atoms with Crippen LogP contribution in [0.1, 0.15) is 0 Å². The molecule has 11 rings (SSSR count). The van der Waals surface area contributed by atoms with Gasteiger partial charge in [-0.05, 0) is 84.9 Å². The highest BCUT2D eigenvalue weighted by Crippen LogP contribution is 2.48. The fraction of sp³-hybridized carbons (Fsp3) is 0. The summed E-state index contributed by atoms with van der Waals surface area (Å²) in [7, 11) is 0. The molecule has 0 spiro atoms. The van der Waals surface area contributed by atoms with E-state index in [1.54, 1.807) is 11.3 Å². The van der Waals surface area contributed by atoms with E-state index in [0.29, 0.717) is 5.89 Å². The minimum atomic E-state index is 0.636. The predicted octanol–water partition coefficient (Wildman–Crippen LogP) is 13.6. The van der Waals surface area contributed by atoms with Gasteiger partial charge in [-0.25, -0.2) is 4.98 Å². The Bertz CT molecular complexity index is 2960. The molecule has 0 atom stereocenters. The number of benzene rings is 7. The van der Waals surface area contributed by atoms with E-state index < -0.39 is 0 Å². The lowest BCUT2D eigenvalue weighted by molar-refractivity contribution is 0.620. The van der Waals surface area contributed by atoms with Gasteiger partial charge in [-0.15, -0.1) is 22.7 Å². The molecule has 4 nitrogen and oxygen atoms in total. The van der Waals surface area contributed by atoms with Crippen LogP contribution in [0.4, 0.5) is 17.1 Å². The smallest absolute Gasteiger partial charge is 0.227 e. The Balaban J connectivity index is 1.19. The molecule has 0 unspecified atom stereocenters. The molecule has 0 aliphatic carbocycles. The minimum Gasteiger partial charge on any atom is -0.456 e. The summed E-state index contributed by atoms with van der Waals surface area (Å²) in [5, 5.41) is 7.09. The van der Waals surface area contributed by atoms with Gasteiger partial charge in [0.05, 0.1) is 5.69 Å². The van der Waals surface area contributed by atoms with Crippen molar-refractivity contribution in [1.82, 2.24) is 4.98 Å². The first kappa shape index (κ1) is 27.0. The molecule has 0 amide bonds. The molecule has 7 aromatic carbocycles. The Kier molecular flexibility index (Phi) is 5.67. The molecule has 0 aliphatic rings. The van der Waals surface area contributed by atoms with Crippen LogP contribution in [0.25, 0.3) is 84.8 Å². The zero-order valence-corrected chi connectivity index (χ0v) is 27.5. The summed E-state index contributed by atoms with van der Waals surface area (Å²) in [6, 6.07) is 51.4. The highest BCUT2D eigenvalue weighted by molar-refractivity contribution is 7.26. The molecule has 230 valence electrons. The molecule has 11 aromatic rings. The quantitative estimate of drug-likeness (QED) is 0.188. The van der Waals surface area contributed by atoms with Crippen LogP contribution in [0, 0.1) is 0 Å². The summed E-state index contributed by atoms with van der Waals surface area (Å²) in [6.07, 6.45) is 0. The van der Waals surface area contributed by atoms with Gasteiger partial charge in [0.25, 0.3) is 0 Å². The van der Waals surface area contributed by atoms with E-state index in [0.717, 1.165) is 61.1 Å². The van der Waals surface area contributed by atoms with Crippen molar-refractivity contribution in [3.05, 3.63) is 146 Å². The van der Waals surface area contributed by atoms with E-state index in [2.05, 4.69) is 108 Å². The molecule has 0 bridgehead atoms. The van der Waals surface area contributed by atoms with E-state index in [1.165, 1.54) is 35.0 Å². The van der Waals surface area contributed by atoms with Crippen molar-refractivity contribution in [1.29, 1.82) is 0 Å². The maximum atomic E-state index is 6.38. The van der Waals surface area contributed by atoms with Gasteiger partial charge in [-0.2, -0.15) is 0 Å². The topological polar surface area (TPSA) is 42.4 Å². The Morgan fingerprint density at radius 3 is 2.08 bits per heavy atom. The van der Waals surface area contributed by atoms with Crippen molar-refractivity contribution in [2.24, 2.45) is 0 Å². The summed E-state index contributed by atoms with van der Waals surface area (Å²) in [5.74, 6) is 0.636. The van der Waals surface area contributed by atoms with Crippen LogP contribution in [0.3, 0.4) is 0 Å². The van der Waals surface area contributed by atoms with Gasteiger partial charge in [0.15, 0.2) is 5.58 Å². The zero-order chi connectivity index (χ0) is 32.1. The maximum Gasteiger partial charge on any atom is 0.227 e. The molecule has 49 heavy (non-hydrogen) atoms. The first-order chi connectivity index (χ1) is 24.2. The Morgan fingerprint density at radius 1 is 0.449 bits per heavy atom. The SMILES string of the molecule is c1ccc(-c2nc3cc4sc5cccc(N(c6ccc7oc8ccccc8c7c6)c6ccc7sc8ccccc8c7c6)c5c4cc3o2)cc1. The number of furan rings is 1. The lowest BCUT2D eigenvalue weighted by atomic mass is 10.1. The number of rotatable bonds is 4. The number of hydrogen-bond donors (Lipinski definition) is 0. The Morgan fingerprint density at radius 2 is 1.16 bits per heavy atom. The zero-order valence-electron chi connectivity index (χ0n) is 25.9. The van der Waals surface area contributed by atoms with Gasteiger partial charge >= 0.3 is 0 Å². The molecule has 0 saturated heterocycles. The van der Waals surface area contributed by atoms with E-state index in [4.69, 9.17) is 13.8 Å². The lowest BCUT2D eigenvalue weighted by Crippen LogP contribution is -2.10. The third-order valence-corrected chi connectivity index (χ3v) is 11.8. The molecule has 0 radical (unpaired) electrons. The molecular weight excluding hydrogens is 641 g/mol. The first-order valence-electron chi connectivity index (χ1n) is 16.2. The summed E-state index contributed by atoms with van der Waals surface area (Å²) >= 11 is 3.63. The van der Waals surface area contributed by atoms with Gasteiger partial charge in [-0.3, -0.25) is 0 Å². The number of thiophene rings is 2. The molecule has 0 aliphatic heterocycles. The predicted molar refractivity (Wildman–Crippen MR) is 207 cm³/mol. The Labute approximate surface area is 287 Å². The van der Waals surface area contributed by atoms with Gasteiger partial charge in [0.2, 0.25) is 5.89 Å². The van der Waals surface area contributed by atoms with Crippen molar-refractivity contribution in [2.75, 3.05) is 4.90 Å². The molecule has 0 saturated carbocycles. The van der Waals surface area contributed by atoms with Crippen LogP contribution in [-0.2, 0) is 0 Å². The number of nitrogens with zero attached hydrogens (tertiary/aromatic N) is 2. The second kappa shape index (κ2) is 10.3. The monoisotopic (exact) mass is 664 g/mol. The van der Waals surface area contributed by atoms with E-state index in [-0.39, 0.29) is 0 Å². The van der Waals surface area contributed by atoms with Crippen molar-refractivity contribution < 1.29 is 8.83 Å². The third-order valence-electron chi connectivity index (χ3n) is 9.48. The number of fused-ring (bicyclic) bond motifs is 10. The van der Waals surface area contributed by atoms with Crippen molar-refractivity contribution in [2.45, 2.75) is 0 Å².